The number of nitrogens with zero attached hydrogens (tertiary/aromatic N) is 3. The van der Waals surface area contributed by atoms with Crippen LogP contribution in [0.5, 0.6) is 5.75 Å². The molecule has 154 valence electrons. The summed E-state index contributed by atoms with van der Waals surface area (Å²) >= 11 is 9.46. The Labute approximate surface area is 183 Å². The summed E-state index contributed by atoms with van der Waals surface area (Å²) in [6.45, 7) is 0. The maximum Gasteiger partial charge on any atom is 0.326 e. The van der Waals surface area contributed by atoms with Crippen LogP contribution in [0.4, 0.5) is 16.2 Å². The highest BCUT2D eigenvalue weighted by Gasteiger charge is 2.21. The number of benzene rings is 2. The number of anilines is 1. The Balaban J connectivity index is 1.64. The van der Waals surface area contributed by atoms with E-state index in [1.54, 1.807) is 22.4 Å². The first-order valence-electron chi connectivity index (χ1n) is 8.31. The number of imide groups is 1. The van der Waals surface area contributed by atoms with Gasteiger partial charge < -0.3 is 10.1 Å². The first kappa shape index (κ1) is 21.3. The molecule has 1 heterocycles. The average Bonchev–Trinajstić information content (AvgIpc) is 2.71. The number of rotatable bonds is 5. The monoisotopic (exact) mass is 493 g/mol. The first-order valence-corrected chi connectivity index (χ1v) is 9.40. The van der Waals surface area contributed by atoms with Gasteiger partial charge >= 0.3 is 6.03 Å². The summed E-state index contributed by atoms with van der Waals surface area (Å²) in [5.41, 5.74) is -0.364. The van der Waals surface area contributed by atoms with E-state index in [9.17, 15) is 19.7 Å². The quantitative estimate of drug-likeness (QED) is 0.366. The van der Waals surface area contributed by atoms with Crippen molar-refractivity contribution in [2.75, 3.05) is 5.32 Å². The minimum Gasteiger partial charge on any atom is -0.448 e. The third-order valence-electron chi connectivity index (χ3n) is 3.73. The lowest BCUT2D eigenvalue weighted by atomic mass is 10.1. The lowest BCUT2D eigenvalue weighted by Gasteiger charge is -2.23. The van der Waals surface area contributed by atoms with Crippen molar-refractivity contribution in [1.82, 2.24) is 9.24 Å². The van der Waals surface area contributed by atoms with Crippen LogP contribution < -0.4 is 15.4 Å². The second-order valence-electron chi connectivity index (χ2n) is 5.76. The molecule has 2 N–H and O–H groups in total. The zero-order valence-corrected chi connectivity index (χ0v) is 17.3. The average molecular weight is 495 g/mol. The smallest absolute Gasteiger partial charge is 0.326 e. The van der Waals surface area contributed by atoms with Gasteiger partial charge in [-0.2, -0.15) is 0 Å². The number of nitro benzene ring substituents is 1. The summed E-state index contributed by atoms with van der Waals surface area (Å²) in [5.74, 6) is -0.591. The molecule has 2 aromatic carbocycles. The van der Waals surface area contributed by atoms with Crippen LogP contribution in [0.2, 0.25) is 5.02 Å². The van der Waals surface area contributed by atoms with Gasteiger partial charge in [-0.25, -0.2) is 9.79 Å². The number of hydrogen-bond acceptors (Lipinski definition) is 7. The van der Waals surface area contributed by atoms with Gasteiger partial charge in [-0.15, -0.1) is 0 Å². The van der Waals surface area contributed by atoms with Crippen LogP contribution in [0, 0.1) is 10.1 Å². The number of amides is 3. The maximum atomic E-state index is 12.2. The molecule has 0 bridgehead atoms. The van der Waals surface area contributed by atoms with E-state index >= 15 is 0 Å². The summed E-state index contributed by atoms with van der Waals surface area (Å²) in [6.07, 6.45) is 4.34. The van der Waals surface area contributed by atoms with E-state index in [1.807, 2.05) is 5.32 Å². The van der Waals surface area contributed by atoms with Gasteiger partial charge in [0.15, 0.2) is 0 Å². The Kier molecular flexibility index (Phi) is 6.65. The molecule has 1 aliphatic rings. The van der Waals surface area contributed by atoms with Crippen molar-refractivity contribution in [2.45, 2.75) is 6.35 Å². The van der Waals surface area contributed by atoms with Crippen LogP contribution in [-0.2, 0) is 0 Å². The number of allylic oxidation sites excluding steroid dienone is 1. The van der Waals surface area contributed by atoms with Crippen LogP contribution in [-0.4, -0.2) is 33.4 Å². The number of carbonyl (C=O) groups excluding carboxylic acids is 2. The summed E-state index contributed by atoms with van der Waals surface area (Å²) in [5, 5.41) is 15.7. The molecule has 0 saturated carbocycles. The number of nitro groups is 1. The Morgan fingerprint density at radius 3 is 2.73 bits per heavy atom. The van der Waals surface area contributed by atoms with E-state index in [2.05, 4.69) is 26.5 Å². The molecule has 0 aliphatic carbocycles. The maximum absolute atomic E-state index is 12.2. The number of nitrogens with one attached hydrogen (secondary N) is 2. The molecule has 0 fully saturated rings. The van der Waals surface area contributed by atoms with Crippen molar-refractivity contribution >= 4 is 57.3 Å². The number of ether oxygens (including phenoxy) is 1. The zero-order chi connectivity index (χ0) is 21.7. The van der Waals surface area contributed by atoms with Gasteiger partial charge in [0.25, 0.3) is 17.9 Å². The third-order valence-corrected chi connectivity index (χ3v) is 4.62. The lowest BCUT2D eigenvalue weighted by molar-refractivity contribution is -0.385. The Morgan fingerprint density at radius 2 is 2.03 bits per heavy atom. The van der Waals surface area contributed by atoms with Crippen molar-refractivity contribution in [3.8, 4) is 5.75 Å². The Morgan fingerprint density at radius 1 is 1.27 bits per heavy atom. The SMILES string of the molecule is O=C(NC(=O)c1ccccc1[N+](=O)[O-])Nc1ccc(OC2N=CC=CN2Br)c(Cl)c1. The molecule has 10 nitrogen and oxygen atoms in total. The van der Waals surface area contributed by atoms with Crippen molar-refractivity contribution in [2.24, 2.45) is 4.99 Å². The molecule has 0 saturated heterocycles. The van der Waals surface area contributed by atoms with Crippen LogP contribution in [0.15, 0.2) is 59.7 Å². The summed E-state index contributed by atoms with van der Waals surface area (Å²) in [6, 6.07) is 8.88. The molecule has 0 spiro atoms. The Bertz CT molecular complexity index is 1060. The van der Waals surface area contributed by atoms with Crippen molar-refractivity contribution in [3.63, 3.8) is 0 Å². The van der Waals surface area contributed by atoms with Gasteiger partial charge in [0.1, 0.15) is 11.3 Å². The number of hydrogen-bond donors (Lipinski definition) is 2. The van der Waals surface area contributed by atoms with Crippen molar-refractivity contribution in [3.05, 3.63) is 75.4 Å². The van der Waals surface area contributed by atoms with E-state index in [0.717, 1.165) is 0 Å². The van der Waals surface area contributed by atoms with E-state index in [1.165, 1.54) is 42.5 Å². The number of para-hydroxylation sites is 1. The van der Waals surface area contributed by atoms with Crippen molar-refractivity contribution < 1.29 is 19.2 Å². The van der Waals surface area contributed by atoms with Gasteiger partial charge in [0, 0.05) is 24.2 Å². The van der Waals surface area contributed by atoms with E-state index in [0.29, 0.717) is 5.75 Å². The number of urea groups is 1. The molecule has 3 rings (SSSR count). The van der Waals surface area contributed by atoms with Crippen LogP contribution >= 0.6 is 27.7 Å². The molecule has 0 radical (unpaired) electrons. The predicted octanol–water partition coefficient (Wildman–Crippen LogP) is 4.08. The fraction of sp³-hybridized carbons (Fsp3) is 0.0556. The van der Waals surface area contributed by atoms with Crippen molar-refractivity contribution in [1.29, 1.82) is 0 Å². The topological polar surface area (TPSA) is 126 Å². The van der Waals surface area contributed by atoms with E-state index in [-0.39, 0.29) is 16.3 Å². The van der Waals surface area contributed by atoms with Gasteiger partial charge in [0.05, 0.1) is 26.1 Å². The summed E-state index contributed by atoms with van der Waals surface area (Å²) in [7, 11) is 0. The standard InChI is InChI=1S/C18H13BrClN5O5/c19-24-9-3-8-21-18(24)30-15-7-6-11(10-13(15)20)22-17(27)23-16(26)12-4-1-2-5-14(12)25(28)29/h1-10,18H,(H2,22,23,26,27). The lowest BCUT2D eigenvalue weighted by Crippen LogP contribution is -2.34. The third kappa shape index (κ3) is 5.13. The molecular formula is C18H13BrClN5O5. The summed E-state index contributed by atoms with van der Waals surface area (Å²) in [4.78, 5) is 38.7. The van der Waals surface area contributed by atoms with Crippen LogP contribution in [0.3, 0.4) is 0 Å². The number of aliphatic imine (C=N–C) groups is 1. The second kappa shape index (κ2) is 9.37. The molecule has 1 unspecified atom stereocenters. The number of halogens is 2. The van der Waals surface area contributed by atoms with Gasteiger partial charge in [0.2, 0.25) is 0 Å². The molecule has 1 aliphatic heterocycles. The molecule has 3 amide bonds. The highest BCUT2D eigenvalue weighted by atomic mass is 79.9. The van der Waals surface area contributed by atoms with E-state index in [4.69, 9.17) is 16.3 Å². The Hall–Kier alpha value is -3.44. The summed E-state index contributed by atoms with van der Waals surface area (Å²) < 4.78 is 7.22. The minimum absolute atomic E-state index is 0.198. The number of carbonyl (C=O) groups is 2. The first-order chi connectivity index (χ1) is 14.3. The molecule has 12 heteroatoms. The largest absolute Gasteiger partial charge is 0.448 e. The molecule has 2 aromatic rings. The van der Waals surface area contributed by atoms with Gasteiger partial charge in [-0.3, -0.25) is 24.2 Å². The molecule has 1 atom stereocenters. The van der Waals surface area contributed by atoms with E-state index < -0.39 is 28.9 Å². The normalized spacial score (nSPS) is 14.9. The second-order valence-corrected chi connectivity index (χ2v) is 6.98. The minimum atomic E-state index is -0.911. The fourth-order valence-electron chi connectivity index (χ4n) is 2.41. The zero-order valence-electron chi connectivity index (χ0n) is 15.0. The molecule has 30 heavy (non-hydrogen) atoms. The highest BCUT2D eigenvalue weighted by Crippen LogP contribution is 2.30. The van der Waals surface area contributed by atoms with Crippen LogP contribution in [0.1, 0.15) is 10.4 Å². The highest BCUT2D eigenvalue weighted by molar-refractivity contribution is 9.07. The van der Waals surface area contributed by atoms with Gasteiger partial charge in [-0.05, 0) is 30.3 Å². The molecule has 0 aromatic heterocycles. The predicted molar refractivity (Wildman–Crippen MR) is 114 cm³/mol. The molecular weight excluding hydrogens is 482 g/mol. The van der Waals surface area contributed by atoms with Crippen LogP contribution in [0.25, 0.3) is 0 Å². The fourth-order valence-corrected chi connectivity index (χ4v) is 2.96. The van der Waals surface area contributed by atoms with Gasteiger partial charge in [-0.1, -0.05) is 23.7 Å².